The number of aryl methyl sites for hydroxylation is 1. The normalized spacial score (nSPS) is 14.6. The molecule has 2 aromatic rings. The first-order chi connectivity index (χ1) is 9.50. The van der Waals surface area contributed by atoms with Crippen molar-refractivity contribution in [3.8, 4) is 22.6 Å². The van der Waals surface area contributed by atoms with Gasteiger partial charge in [-0.05, 0) is 43.7 Å². The zero-order valence-corrected chi connectivity index (χ0v) is 12.5. The largest absolute Gasteiger partial charge is 0.504 e. The standard InChI is InChI=1S/C17H18O2S/c1-9-3-5-11(6-4-9)13-10(2)17(20)14(12-7-8-12)16(19)15(13)18/h3-6,12,18-20H,7-8H2,1-2H3. The van der Waals surface area contributed by atoms with Gasteiger partial charge in [-0.25, -0.2) is 0 Å². The Morgan fingerprint density at radius 1 is 1.00 bits per heavy atom. The van der Waals surface area contributed by atoms with Gasteiger partial charge in [-0.2, -0.15) is 0 Å². The number of hydrogen-bond acceptors (Lipinski definition) is 3. The second kappa shape index (κ2) is 4.74. The molecule has 0 bridgehead atoms. The van der Waals surface area contributed by atoms with Gasteiger partial charge in [0.05, 0.1) is 0 Å². The molecular formula is C17H18O2S. The summed E-state index contributed by atoms with van der Waals surface area (Å²) in [6.45, 7) is 3.97. The SMILES string of the molecule is Cc1ccc(-c2c(C)c(S)c(C3CC3)c(O)c2O)cc1. The van der Waals surface area contributed by atoms with Crippen molar-refractivity contribution in [3.05, 3.63) is 41.0 Å². The number of hydrogen-bond donors (Lipinski definition) is 3. The van der Waals surface area contributed by atoms with Gasteiger partial charge >= 0.3 is 0 Å². The molecule has 0 aromatic heterocycles. The van der Waals surface area contributed by atoms with Gasteiger partial charge in [-0.3, -0.25) is 0 Å². The number of aromatic hydroxyl groups is 2. The molecule has 0 heterocycles. The van der Waals surface area contributed by atoms with Crippen LogP contribution in [0.25, 0.3) is 11.1 Å². The Bertz CT molecular complexity index is 641. The van der Waals surface area contributed by atoms with E-state index in [4.69, 9.17) is 0 Å². The van der Waals surface area contributed by atoms with Crippen LogP contribution in [0.3, 0.4) is 0 Å². The van der Waals surface area contributed by atoms with Gasteiger partial charge in [0.15, 0.2) is 11.5 Å². The first-order valence-electron chi connectivity index (χ1n) is 6.85. The van der Waals surface area contributed by atoms with Crippen LogP contribution < -0.4 is 0 Å². The van der Waals surface area contributed by atoms with Gasteiger partial charge in [-0.1, -0.05) is 29.8 Å². The molecule has 2 aromatic carbocycles. The molecule has 0 unspecified atom stereocenters. The molecule has 0 radical (unpaired) electrons. The van der Waals surface area contributed by atoms with E-state index in [-0.39, 0.29) is 11.5 Å². The highest BCUT2D eigenvalue weighted by atomic mass is 32.1. The van der Waals surface area contributed by atoms with E-state index in [1.54, 1.807) is 0 Å². The third-order valence-corrected chi connectivity index (χ3v) is 4.60. The predicted molar refractivity (Wildman–Crippen MR) is 83.9 cm³/mol. The highest BCUT2D eigenvalue weighted by molar-refractivity contribution is 7.80. The predicted octanol–water partition coefficient (Wildman–Crippen LogP) is 4.55. The van der Waals surface area contributed by atoms with Gasteiger partial charge in [0.2, 0.25) is 0 Å². The maximum atomic E-state index is 10.4. The number of rotatable bonds is 2. The number of phenols is 2. The van der Waals surface area contributed by atoms with Crippen LogP contribution in [-0.4, -0.2) is 10.2 Å². The Labute approximate surface area is 124 Å². The molecule has 2 nitrogen and oxygen atoms in total. The zero-order chi connectivity index (χ0) is 14.4. The summed E-state index contributed by atoms with van der Waals surface area (Å²) in [5, 5.41) is 20.7. The summed E-state index contributed by atoms with van der Waals surface area (Å²) in [5.41, 5.74) is 4.47. The second-order valence-corrected chi connectivity index (χ2v) is 6.05. The summed E-state index contributed by atoms with van der Waals surface area (Å²) in [5.74, 6) is 0.323. The zero-order valence-electron chi connectivity index (χ0n) is 11.6. The van der Waals surface area contributed by atoms with E-state index in [1.807, 2.05) is 38.1 Å². The third-order valence-electron chi connectivity index (χ3n) is 4.03. The lowest BCUT2D eigenvalue weighted by Crippen LogP contribution is -1.94. The summed E-state index contributed by atoms with van der Waals surface area (Å²) in [6.07, 6.45) is 2.12. The lowest BCUT2D eigenvalue weighted by Gasteiger charge is -2.17. The monoisotopic (exact) mass is 286 g/mol. The smallest absolute Gasteiger partial charge is 0.166 e. The first kappa shape index (κ1) is 13.4. The van der Waals surface area contributed by atoms with Crippen molar-refractivity contribution in [1.82, 2.24) is 0 Å². The fraction of sp³-hybridized carbons (Fsp3) is 0.294. The maximum absolute atomic E-state index is 10.4. The molecule has 1 aliphatic rings. The fourth-order valence-corrected chi connectivity index (χ4v) is 3.09. The maximum Gasteiger partial charge on any atom is 0.166 e. The van der Waals surface area contributed by atoms with Crippen molar-refractivity contribution in [2.24, 2.45) is 0 Å². The van der Waals surface area contributed by atoms with Gasteiger partial charge in [0.1, 0.15) is 0 Å². The Hall–Kier alpha value is -1.61. The summed E-state index contributed by atoms with van der Waals surface area (Å²) >= 11 is 4.58. The topological polar surface area (TPSA) is 40.5 Å². The van der Waals surface area contributed by atoms with E-state index < -0.39 is 0 Å². The molecule has 0 aliphatic heterocycles. The van der Waals surface area contributed by atoms with Crippen molar-refractivity contribution in [2.75, 3.05) is 0 Å². The lowest BCUT2D eigenvalue weighted by atomic mass is 9.94. The number of benzene rings is 2. The molecule has 3 heteroatoms. The Morgan fingerprint density at radius 2 is 1.60 bits per heavy atom. The van der Waals surface area contributed by atoms with E-state index in [9.17, 15) is 10.2 Å². The minimum Gasteiger partial charge on any atom is -0.504 e. The molecule has 0 amide bonds. The van der Waals surface area contributed by atoms with E-state index >= 15 is 0 Å². The van der Waals surface area contributed by atoms with Gasteiger partial charge in [0, 0.05) is 16.0 Å². The average molecular weight is 286 g/mol. The molecular weight excluding hydrogens is 268 g/mol. The minimum absolute atomic E-state index is 0.00123. The molecule has 1 aliphatic carbocycles. The van der Waals surface area contributed by atoms with Crippen LogP contribution in [-0.2, 0) is 0 Å². The fourth-order valence-electron chi connectivity index (χ4n) is 2.69. The van der Waals surface area contributed by atoms with Crippen molar-refractivity contribution >= 4 is 12.6 Å². The van der Waals surface area contributed by atoms with Crippen LogP contribution in [0.5, 0.6) is 11.5 Å². The highest BCUT2D eigenvalue weighted by Crippen LogP contribution is 2.53. The molecule has 104 valence electrons. The Balaban J connectivity index is 2.23. The van der Waals surface area contributed by atoms with Crippen LogP contribution in [0.15, 0.2) is 29.2 Å². The lowest BCUT2D eigenvalue weighted by molar-refractivity contribution is 0.398. The van der Waals surface area contributed by atoms with Gasteiger partial charge in [-0.15, -0.1) is 12.6 Å². The van der Waals surface area contributed by atoms with Crippen molar-refractivity contribution in [3.63, 3.8) is 0 Å². The highest BCUT2D eigenvalue weighted by Gasteiger charge is 2.32. The minimum atomic E-state index is -0.0222. The van der Waals surface area contributed by atoms with E-state index in [1.165, 1.54) is 0 Å². The van der Waals surface area contributed by atoms with E-state index in [0.717, 1.165) is 40.0 Å². The summed E-state index contributed by atoms with van der Waals surface area (Å²) < 4.78 is 0. The van der Waals surface area contributed by atoms with Crippen molar-refractivity contribution in [1.29, 1.82) is 0 Å². The summed E-state index contributed by atoms with van der Waals surface area (Å²) in [7, 11) is 0. The molecule has 0 atom stereocenters. The van der Waals surface area contributed by atoms with Gasteiger partial charge < -0.3 is 10.2 Å². The van der Waals surface area contributed by atoms with Crippen LogP contribution >= 0.6 is 12.6 Å². The van der Waals surface area contributed by atoms with Gasteiger partial charge in [0.25, 0.3) is 0 Å². The molecule has 3 rings (SSSR count). The van der Waals surface area contributed by atoms with Crippen LogP contribution in [0.1, 0.15) is 35.4 Å². The summed E-state index contributed by atoms with van der Waals surface area (Å²) in [6, 6.07) is 7.91. The van der Waals surface area contributed by atoms with Crippen LogP contribution in [0, 0.1) is 13.8 Å². The molecule has 0 saturated heterocycles. The van der Waals surface area contributed by atoms with Crippen molar-refractivity contribution < 1.29 is 10.2 Å². The quantitative estimate of drug-likeness (QED) is 0.560. The molecule has 2 N–H and O–H groups in total. The van der Waals surface area contributed by atoms with E-state index in [2.05, 4.69) is 12.6 Å². The van der Waals surface area contributed by atoms with Crippen LogP contribution in [0.4, 0.5) is 0 Å². The first-order valence-corrected chi connectivity index (χ1v) is 7.29. The second-order valence-electron chi connectivity index (χ2n) is 5.60. The molecule has 1 fully saturated rings. The molecule has 0 spiro atoms. The Kier molecular flexibility index (Phi) is 3.17. The Morgan fingerprint density at radius 3 is 2.15 bits per heavy atom. The van der Waals surface area contributed by atoms with Crippen LogP contribution in [0.2, 0.25) is 0 Å². The summed E-state index contributed by atoms with van der Waals surface area (Å²) in [4.78, 5) is 0.804. The third kappa shape index (κ3) is 2.06. The molecule has 1 saturated carbocycles. The van der Waals surface area contributed by atoms with E-state index in [0.29, 0.717) is 11.5 Å². The average Bonchev–Trinajstić information content (AvgIpc) is 3.24. The number of thiol groups is 1. The molecule has 20 heavy (non-hydrogen) atoms. The number of phenolic OH excluding ortho intramolecular Hbond substituents is 2. The van der Waals surface area contributed by atoms with Crippen molar-refractivity contribution in [2.45, 2.75) is 37.5 Å².